The van der Waals surface area contributed by atoms with Crippen LogP contribution in [0.25, 0.3) is 0 Å². The topological polar surface area (TPSA) is 70.4 Å². The van der Waals surface area contributed by atoms with Crippen molar-refractivity contribution in [2.75, 3.05) is 18.2 Å². The number of hydrogen-bond donors (Lipinski definition) is 0. The minimum Gasteiger partial charge on any atom is -0.371 e. The van der Waals surface area contributed by atoms with Gasteiger partial charge in [0.05, 0.1) is 22.9 Å². The lowest BCUT2D eigenvalue weighted by molar-refractivity contribution is 0.0826. The monoisotopic (exact) mass is 370 g/mol. The second-order valence-corrected chi connectivity index (χ2v) is 9.10. The van der Waals surface area contributed by atoms with Crippen LogP contribution >= 0.6 is 11.6 Å². The van der Waals surface area contributed by atoms with Gasteiger partial charge < -0.3 is 4.90 Å². The molecule has 1 aromatic carbocycles. The highest BCUT2D eigenvalue weighted by molar-refractivity contribution is 7.86. The van der Waals surface area contributed by atoms with E-state index in [1.807, 2.05) is 13.1 Å². The zero-order chi connectivity index (χ0) is 18.1. The van der Waals surface area contributed by atoms with Crippen molar-refractivity contribution in [3.05, 3.63) is 28.8 Å². The summed E-state index contributed by atoms with van der Waals surface area (Å²) in [5.74, 6) is 0. The number of hydrogen-bond acceptors (Lipinski definition) is 5. The Labute approximate surface area is 149 Å². The number of benzene rings is 1. The molecule has 7 heteroatoms. The van der Waals surface area contributed by atoms with Crippen LogP contribution in [0.5, 0.6) is 0 Å². The fourth-order valence-electron chi connectivity index (χ4n) is 3.40. The van der Waals surface area contributed by atoms with Crippen LogP contribution in [0.2, 0.25) is 5.02 Å². The predicted molar refractivity (Wildman–Crippen MR) is 95.7 cm³/mol. The van der Waals surface area contributed by atoms with Crippen molar-refractivity contribution in [1.82, 2.24) is 0 Å². The summed E-state index contributed by atoms with van der Waals surface area (Å²) in [5, 5.41) is 9.42. The minimum atomic E-state index is -3.47. The van der Waals surface area contributed by atoms with Gasteiger partial charge in [-0.25, -0.2) is 0 Å². The average molecular weight is 371 g/mol. The Kier molecular flexibility index (Phi) is 5.48. The molecule has 1 fully saturated rings. The van der Waals surface area contributed by atoms with Crippen LogP contribution in [0.3, 0.4) is 0 Å². The van der Waals surface area contributed by atoms with E-state index in [4.69, 9.17) is 21.0 Å². The maximum atomic E-state index is 11.4. The van der Waals surface area contributed by atoms with Gasteiger partial charge in [-0.05, 0) is 42.9 Å². The van der Waals surface area contributed by atoms with Crippen molar-refractivity contribution in [1.29, 1.82) is 5.26 Å². The van der Waals surface area contributed by atoms with E-state index >= 15 is 0 Å². The van der Waals surface area contributed by atoms with E-state index in [2.05, 4.69) is 24.8 Å². The molecule has 2 atom stereocenters. The van der Waals surface area contributed by atoms with Crippen LogP contribution in [0.1, 0.15) is 38.7 Å². The number of anilines is 1. The van der Waals surface area contributed by atoms with E-state index in [0.29, 0.717) is 17.0 Å². The lowest BCUT2D eigenvalue weighted by atomic mass is 9.71. The highest BCUT2D eigenvalue weighted by atomic mass is 35.5. The molecule has 132 valence electrons. The third-order valence-electron chi connectivity index (χ3n) is 4.76. The molecule has 1 aromatic rings. The van der Waals surface area contributed by atoms with Gasteiger partial charge in [-0.1, -0.05) is 25.4 Å². The number of rotatable bonds is 4. The first-order chi connectivity index (χ1) is 11.0. The van der Waals surface area contributed by atoms with Crippen molar-refractivity contribution < 1.29 is 12.6 Å². The van der Waals surface area contributed by atoms with Gasteiger partial charge in [0.25, 0.3) is 10.1 Å². The Morgan fingerprint density at radius 3 is 2.62 bits per heavy atom. The molecule has 2 unspecified atom stereocenters. The summed E-state index contributed by atoms with van der Waals surface area (Å²) in [6.45, 7) is 4.35. The average Bonchev–Trinajstić information content (AvgIpc) is 2.47. The second kappa shape index (κ2) is 6.91. The minimum absolute atomic E-state index is 0.00644. The molecule has 0 spiro atoms. The molecule has 1 saturated carbocycles. The van der Waals surface area contributed by atoms with Gasteiger partial charge in [0.2, 0.25) is 0 Å². The summed E-state index contributed by atoms with van der Waals surface area (Å²) >= 11 is 6.15. The molecular weight excluding hydrogens is 348 g/mol. The number of nitriles is 1. The molecule has 0 radical (unpaired) electrons. The molecule has 0 amide bonds. The van der Waals surface area contributed by atoms with Gasteiger partial charge in [-0.2, -0.15) is 13.7 Å². The third kappa shape index (κ3) is 4.41. The third-order valence-corrected chi connectivity index (χ3v) is 5.69. The van der Waals surface area contributed by atoms with Gasteiger partial charge in [-0.3, -0.25) is 4.18 Å². The van der Waals surface area contributed by atoms with Crippen LogP contribution in [-0.4, -0.2) is 33.9 Å². The predicted octanol–water partition coefficient (Wildman–Crippen LogP) is 3.57. The van der Waals surface area contributed by atoms with Gasteiger partial charge in [-0.15, -0.1) is 0 Å². The molecule has 0 saturated heterocycles. The molecule has 0 aromatic heterocycles. The SMILES string of the molecule is CN(c1ccc(C#N)c(Cl)c1)C1CC(OS(C)(=O)=O)CCC1(C)C. The lowest BCUT2D eigenvalue weighted by Gasteiger charge is -2.47. The molecule has 2 rings (SSSR count). The maximum Gasteiger partial charge on any atom is 0.264 e. The molecule has 0 aliphatic heterocycles. The number of nitrogens with zero attached hydrogens (tertiary/aromatic N) is 2. The van der Waals surface area contributed by atoms with Crippen molar-refractivity contribution in [2.45, 2.75) is 45.3 Å². The summed E-state index contributed by atoms with van der Waals surface area (Å²) in [6.07, 6.45) is 2.99. The van der Waals surface area contributed by atoms with Crippen molar-refractivity contribution >= 4 is 27.4 Å². The Morgan fingerprint density at radius 2 is 2.08 bits per heavy atom. The normalized spacial score (nSPS) is 23.5. The summed E-state index contributed by atoms with van der Waals surface area (Å²) in [5.41, 5.74) is 1.35. The smallest absolute Gasteiger partial charge is 0.264 e. The van der Waals surface area contributed by atoms with Crippen LogP contribution in [0, 0.1) is 16.7 Å². The first-order valence-corrected chi connectivity index (χ1v) is 10.0. The Hall–Kier alpha value is -1.29. The van der Waals surface area contributed by atoms with Gasteiger partial charge in [0.15, 0.2) is 0 Å². The lowest BCUT2D eigenvalue weighted by Crippen LogP contribution is -2.49. The zero-order valence-corrected chi connectivity index (χ0v) is 16.0. The van der Waals surface area contributed by atoms with E-state index in [-0.39, 0.29) is 17.6 Å². The Bertz CT molecular complexity index is 756. The highest BCUT2D eigenvalue weighted by Gasteiger charge is 2.40. The molecule has 0 heterocycles. The highest BCUT2D eigenvalue weighted by Crippen LogP contribution is 2.41. The number of halogens is 1. The first kappa shape index (κ1) is 19.0. The fraction of sp³-hybridized carbons (Fsp3) is 0.588. The van der Waals surface area contributed by atoms with E-state index in [9.17, 15) is 8.42 Å². The van der Waals surface area contributed by atoms with E-state index in [0.717, 1.165) is 24.8 Å². The van der Waals surface area contributed by atoms with Crippen molar-refractivity contribution in [3.8, 4) is 6.07 Å². The van der Waals surface area contributed by atoms with Crippen molar-refractivity contribution in [2.24, 2.45) is 5.41 Å². The van der Waals surface area contributed by atoms with Gasteiger partial charge >= 0.3 is 0 Å². The second-order valence-electron chi connectivity index (χ2n) is 7.09. The summed E-state index contributed by atoms with van der Waals surface area (Å²) < 4.78 is 28.1. The largest absolute Gasteiger partial charge is 0.371 e. The molecule has 0 N–H and O–H groups in total. The molecule has 1 aliphatic rings. The molecule has 24 heavy (non-hydrogen) atoms. The van der Waals surface area contributed by atoms with Crippen LogP contribution in [0.4, 0.5) is 5.69 Å². The summed E-state index contributed by atoms with van der Waals surface area (Å²) in [6, 6.07) is 7.49. The quantitative estimate of drug-likeness (QED) is 0.757. The molecular formula is C17H23ClN2O3S. The Balaban J connectivity index is 2.25. The van der Waals surface area contributed by atoms with Crippen molar-refractivity contribution in [3.63, 3.8) is 0 Å². The van der Waals surface area contributed by atoms with E-state index < -0.39 is 10.1 Å². The maximum absolute atomic E-state index is 11.4. The molecule has 1 aliphatic carbocycles. The first-order valence-electron chi connectivity index (χ1n) is 7.84. The van der Waals surface area contributed by atoms with Crippen LogP contribution in [-0.2, 0) is 14.3 Å². The standard InChI is InChI=1S/C17H23ClN2O3S/c1-17(2)8-7-14(23-24(4,21)22)10-16(17)20(3)13-6-5-12(11-19)15(18)9-13/h5-6,9,14,16H,7-8,10H2,1-4H3. The van der Waals surface area contributed by atoms with E-state index in [1.165, 1.54) is 0 Å². The van der Waals surface area contributed by atoms with E-state index in [1.54, 1.807) is 12.1 Å². The van der Waals surface area contributed by atoms with Gasteiger partial charge in [0.1, 0.15) is 6.07 Å². The van der Waals surface area contributed by atoms with Crippen LogP contribution in [0.15, 0.2) is 18.2 Å². The summed E-state index contributed by atoms with van der Waals surface area (Å²) in [4.78, 5) is 2.10. The van der Waals surface area contributed by atoms with Crippen LogP contribution < -0.4 is 4.90 Å². The van der Waals surface area contributed by atoms with Gasteiger partial charge in [0, 0.05) is 18.8 Å². The Morgan fingerprint density at radius 1 is 1.42 bits per heavy atom. The summed E-state index contributed by atoms with van der Waals surface area (Å²) in [7, 11) is -1.50. The fourth-order valence-corrected chi connectivity index (χ4v) is 4.28. The zero-order valence-electron chi connectivity index (χ0n) is 14.4. The molecule has 5 nitrogen and oxygen atoms in total. The molecule has 0 bridgehead atoms.